The Labute approximate surface area is 103 Å². The molecule has 92 valence electrons. The Kier molecular flexibility index (Phi) is 5.95. The maximum absolute atomic E-state index is 4.26. The van der Waals surface area contributed by atoms with Crippen LogP contribution in [0.1, 0.15) is 31.3 Å². The summed E-state index contributed by atoms with van der Waals surface area (Å²) in [6, 6.07) is 0.529. The zero-order valence-electron chi connectivity index (χ0n) is 10.8. The number of aromatic nitrogens is 1. The number of nitrogens with zero attached hydrogens (tertiary/aromatic N) is 2. The van der Waals surface area contributed by atoms with Gasteiger partial charge in [-0.05, 0) is 26.9 Å². The molecule has 0 fully saturated rings. The smallest absolute Gasteiger partial charge is 0.0798 e. The molecule has 0 aliphatic heterocycles. The number of rotatable bonds is 7. The van der Waals surface area contributed by atoms with Gasteiger partial charge in [-0.1, -0.05) is 13.8 Å². The van der Waals surface area contributed by atoms with Crippen molar-refractivity contribution in [1.29, 1.82) is 0 Å². The zero-order valence-corrected chi connectivity index (χ0v) is 11.6. The molecule has 3 nitrogen and oxygen atoms in total. The third kappa shape index (κ3) is 4.20. The summed E-state index contributed by atoms with van der Waals surface area (Å²) in [5.41, 5.74) is 3.08. The van der Waals surface area contributed by atoms with E-state index >= 15 is 0 Å². The first kappa shape index (κ1) is 13.6. The van der Waals surface area contributed by atoms with Gasteiger partial charge in [0.2, 0.25) is 0 Å². The topological polar surface area (TPSA) is 28.2 Å². The standard InChI is InChI=1S/C12H23N3S/c1-5-15(6-2)8-10(3)13-7-12-11(4)14-9-16-12/h9-10,13H,5-8H2,1-4H3. The van der Waals surface area contributed by atoms with Crippen molar-refractivity contribution in [2.24, 2.45) is 0 Å². The van der Waals surface area contributed by atoms with Crippen molar-refractivity contribution in [3.8, 4) is 0 Å². The van der Waals surface area contributed by atoms with Crippen molar-refractivity contribution < 1.29 is 0 Å². The van der Waals surface area contributed by atoms with Gasteiger partial charge in [-0.3, -0.25) is 0 Å². The van der Waals surface area contributed by atoms with Crippen LogP contribution in [0.4, 0.5) is 0 Å². The van der Waals surface area contributed by atoms with Gasteiger partial charge in [-0.25, -0.2) is 4.98 Å². The predicted octanol–water partition coefficient (Wildman–Crippen LogP) is 2.27. The van der Waals surface area contributed by atoms with Gasteiger partial charge in [0, 0.05) is 24.0 Å². The second-order valence-corrected chi connectivity index (χ2v) is 5.07. The molecule has 0 radical (unpaired) electrons. The largest absolute Gasteiger partial charge is 0.308 e. The van der Waals surface area contributed by atoms with E-state index in [1.807, 2.05) is 5.51 Å². The lowest BCUT2D eigenvalue weighted by Gasteiger charge is -2.23. The fraction of sp³-hybridized carbons (Fsp3) is 0.750. The van der Waals surface area contributed by atoms with Crippen molar-refractivity contribution in [2.75, 3.05) is 19.6 Å². The van der Waals surface area contributed by atoms with Crippen LogP contribution >= 0.6 is 11.3 Å². The molecule has 0 amide bonds. The van der Waals surface area contributed by atoms with E-state index in [1.54, 1.807) is 11.3 Å². The van der Waals surface area contributed by atoms with Crippen molar-refractivity contribution >= 4 is 11.3 Å². The second kappa shape index (κ2) is 6.99. The highest BCUT2D eigenvalue weighted by molar-refractivity contribution is 7.09. The van der Waals surface area contributed by atoms with E-state index in [0.29, 0.717) is 6.04 Å². The summed E-state index contributed by atoms with van der Waals surface area (Å²) in [4.78, 5) is 8.05. The minimum atomic E-state index is 0.529. The highest BCUT2D eigenvalue weighted by Crippen LogP contribution is 2.11. The first-order chi connectivity index (χ1) is 7.67. The van der Waals surface area contributed by atoms with Crippen LogP contribution in [0.3, 0.4) is 0 Å². The minimum Gasteiger partial charge on any atom is -0.308 e. The number of thiazole rings is 1. The van der Waals surface area contributed by atoms with Crippen LogP contribution < -0.4 is 5.32 Å². The molecular formula is C12H23N3S. The van der Waals surface area contributed by atoms with Gasteiger partial charge in [-0.2, -0.15) is 0 Å². The lowest BCUT2D eigenvalue weighted by molar-refractivity contribution is 0.271. The molecule has 1 N–H and O–H groups in total. The Morgan fingerprint density at radius 3 is 2.62 bits per heavy atom. The van der Waals surface area contributed by atoms with Crippen LogP contribution in [0.15, 0.2) is 5.51 Å². The van der Waals surface area contributed by atoms with Crippen LogP contribution in [0.25, 0.3) is 0 Å². The van der Waals surface area contributed by atoms with Crippen molar-refractivity contribution in [3.63, 3.8) is 0 Å². The maximum Gasteiger partial charge on any atom is 0.0798 e. The Morgan fingerprint density at radius 2 is 2.12 bits per heavy atom. The predicted molar refractivity (Wildman–Crippen MR) is 70.9 cm³/mol. The average Bonchev–Trinajstić information content (AvgIpc) is 2.69. The van der Waals surface area contributed by atoms with Crippen LogP contribution in [0.2, 0.25) is 0 Å². The summed E-state index contributed by atoms with van der Waals surface area (Å²) in [5, 5.41) is 3.55. The summed E-state index contributed by atoms with van der Waals surface area (Å²) in [7, 11) is 0. The number of aryl methyl sites for hydroxylation is 1. The van der Waals surface area contributed by atoms with E-state index in [-0.39, 0.29) is 0 Å². The molecule has 1 heterocycles. The number of hydrogen-bond donors (Lipinski definition) is 1. The first-order valence-corrected chi connectivity index (χ1v) is 6.90. The Hall–Kier alpha value is -0.450. The summed E-state index contributed by atoms with van der Waals surface area (Å²) < 4.78 is 0. The van der Waals surface area contributed by atoms with E-state index in [9.17, 15) is 0 Å². The normalized spacial score (nSPS) is 13.3. The van der Waals surface area contributed by atoms with Gasteiger partial charge in [-0.15, -0.1) is 11.3 Å². The third-order valence-electron chi connectivity index (χ3n) is 2.88. The van der Waals surface area contributed by atoms with Gasteiger partial charge in [0.15, 0.2) is 0 Å². The van der Waals surface area contributed by atoms with Crippen molar-refractivity contribution in [1.82, 2.24) is 15.2 Å². The average molecular weight is 241 g/mol. The molecule has 1 aromatic rings. The van der Waals surface area contributed by atoms with E-state index in [0.717, 1.165) is 31.9 Å². The van der Waals surface area contributed by atoms with E-state index in [4.69, 9.17) is 0 Å². The van der Waals surface area contributed by atoms with Crippen LogP contribution in [0, 0.1) is 6.92 Å². The molecule has 1 atom stereocenters. The molecule has 1 unspecified atom stereocenters. The fourth-order valence-electron chi connectivity index (χ4n) is 1.70. The zero-order chi connectivity index (χ0) is 12.0. The fourth-order valence-corrected chi connectivity index (χ4v) is 2.42. The van der Waals surface area contributed by atoms with E-state index < -0.39 is 0 Å². The Bertz CT molecular complexity index is 294. The molecular weight excluding hydrogens is 218 g/mol. The third-order valence-corrected chi connectivity index (χ3v) is 3.82. The number of nitrogens with one attached hydrogen (secondary N) is 1. The van der Waals surface area contributed by atoms with Gasteiger partial charge in [0.25, 0.3) is 0 Å². The van der Waals surface area contributed by atoms with Gasteiger partial charge < -0.3 is 10.2 Å². The minimum absolute atomic E-state index is 0.529. The first-order valence-electron chi connectivity index (χ1n) is 6.02. The number of likely N-dealkylation sites (N-methyl/N-ethyl adjacent to an activating group) is 1. The molecule has 0 aliphatic carbocycles. The monoisotopic (exact) mass is 241 g/mol. The van der Waals surface area contributed by atoms with Crippen LogP contribution in [-0.2, 0) is 6.54 Å². The highest BCUT2D eigenvalue weighted by atomic mass is 32.1. The maximum atomic E-state index is 4.26. The van der Waals surface area contributed by atoms with Gasteiger partial charge in [0.05, 0.1) is 11.2 Å². The SMILES string of the molecule is CCN(CC)CC(C)NCc1scnc1C. The van der Waals surface area contributed by atoms with Crippen molar-refractivity contribution in [2.45, 2.75) is 40.3 Å². The molecule has 0 saturated carbocycles. The van der Waals surface area contributed by atoms with Crippen LogP contribution in [-0.4, -0.2) is 35.6 Å². The summed E-state index contributed by atoms with van der Waals surface area (Å²) in [6.07, 6.45) is 0. The van der Waals surface area contributed by atoms with Crippen molar-refractivity contribution in [3.05, 3.63) is 16.1 Å². The molecule has 0 aliphatic rings. The van der Waals surface area contributed by atoms with Crippen LogP contribution in [0.5, 0.6) is 0 Å². The number of hydrogen-bond acceptors (Lipinski definition) is 4. The molecule has 1 aromatic heterocycles. The Morgan fingerprint density at radius 1 is 1.44 bits per heavy atom. The van der Waals surface area contributed by atoms with E-state index in [1.165, 1.54) is 4.88 Å². The summed E-state index contributed by atoms with van der Waals surface area (Å²) >= 11 is 1.73. The lowest BCUT2D eigenvalue weighted by Crippen LogP contribution is -2.38. The molecule has 0 aromatic carbocycles. The van der Waals surface area contributed by atoms with Gasteiger partial charge >= 0.3 is 0 Å². The molecule has 4 heteroatoms. The summed E-state index contributed by atoms with van der Waals surface area (Å²) in [6.45, 7) is 13.1. The lowest BCUT2D eigenvalue weighted by atomic mass is 10.3. The highest BCUT2D eigenvalue weighted by Gasteiger charge is 2.08. The molecule has 1 rings (SSSR count). The molecule has 0 spiro atoms. The molecule has 0 saturated heterocycles. The summed E-state index contributed by atoms with van der Waals surface area (Å²) in [5.74, 6) is 0. The molecule has 16 heavy (non-hydrogen) atoms. The molecule has 0 bridgehead atoms. The Balaban J connectivity index is 2.30. The quantitative estimate of drug-likeness (QED) is 0.794. The van der Waals surface area contributed by atoms with Gasteiger partial charge in [0.1, 0.15) is 0 Å². The second-order valence-electron chi connectivity index (χ2n) is 4.13. The van der Waals surface area contributed by atoms with E-state index in [2.05, 4.69) is 42.9 Å².